The molecule has 6 nitrogen and oxygen atoms in total. The van der Waals surface area contributed by atoms with Gasteiger partial charge >= 0.3 is 0 Å². The fraction of sp³-hybridized carbons (Fsp3) is 0.440. The fourth-order valence-corrected chi connectivity index (χ4v) is 3.66. The Balaban J connectivity index is 1.46. The first-order valence-electron chi connectivity index (χ1n) is 11.0. The third-order valence-electron chi connectivity index (χ3n) is 5.45. The number of hydrogen-bond donors (Lipinski definition) is 0. The summed E-state index contributed by atoms with van der Waals surface area (Å²) < 4.78 is 11.3. The van der Waals surface area contributed by atoms with Crippen molar-refractivity contribution in [3.63, 3.8) is 0 Å². The molecule has 166 valence electrons. The van der Waals surface area contributed by atoms with Gasteiger partial charge in [-0.05, 0) is 44.4 Å². The molecule has 0 aliphatic carbocycles. The summed E-state index contributed by atoms with van der Waals surface area (Å²) in [5, 5.41) is 0. The van der Waals surface area contributed by atoms with Gasteiger partial charge in [0.05, 0.1) is 6.61 Å². The van der Waals surface area contributed by atoms with Gasteiger partial charge in [0.2, 0.25) is 5.91 Å². The minimum atomic E-state index is -0.0692. The molecule has 0 bridgehead atoms. The summed E-state index contributed by atoms with van der Waals surface area (Å²) in [6.07, 6.45) is 2.01. The predicted octanol–water partition coefficient (Wildman–Crippen LogP) is 3.47. The lowest BCUT2D eigenvalue weighted by molar-refractivity contribution is -0.134. The van der Waals surface area contributed by atoms with Crippen molar-refractivity contribution < 1.29 is 19.1 Å². The zero-order chi connectivity index (χ0) is 22.1. The van der Waals surface area contributed by atoms with E-state index < -0.39 is 0 Å². The van der Waals surface area contributed by atoms with Crippen LogP contribution in [0.25, 0.3) is 0 Å². The van der Waals surface area contributed by atoms with Crippen LogP contribution in [0.5, 0.6) is 11.5 Å². The molecule has 0 unspecified atom stereocenters. The molecule has 1 aliphatic heterocycles. The number of carbonyl (C=O) groups is 2. The zero-order valence-electron chi connectivity index (χ0n) is 18.5. The van der Waals surface area contributed by atoms with Gasteiger partial charge in [-0.25, -0.2) is 0 Å². The molecule has 0 saturated carbocycles. The van der Waals surface area contributed by atoms with E-state index in [4.69, 9.17) is 9.47 Å². The summed E-state index contributed by atoms with van der Waals surface area (Å²) in [5.74, 6) is 1.29. The van der Waals surface area contributed by atoms with Crippen LogP contribution in [0.3, 0.4) is 0 Å². The van der Waals surface area contributed by atoms with Crippen molar-refractivity contribution in [1.29, 1.82) is 0 Å². The van der Waals surface area contributed by atoms with Gasteiger partial charge in [-0.2, -0.15) is 0 Å². The van der Waals surface area contributed by atoms with E-state index >= 15 is 0 Å². The molecule has 2 amide bonds. The zero-order valence-corrected chi connectivity index (χ0v) is 18.5. The predicted molar refractivity (Wildman–Crippen MR) is 120 cm³/mol. The van der Waals surface area contributed by atoms with E-state index in [1.54, 1.807) is 11.0 Å². The highest BCUT2D eigenvalue weighted by Crippen LogP contribution is 2.26. The molecule has 2 aromatic carbocycles. The van der Waals surface area contributed by atoms with Gasteiger partial charge in [-0.3, -0.25) is 9.59 Å². The van der Waals surface area contributed by atoms with Crippen LogP contribution in [0.4, 0.5) is 0 Å². The van der Waals surface area contributed by atoms with Crippen LogP contribution < -0.4 is 9.47 Å². The maximum Gasteiger partial charge on any atom is 0.260 e. The molecule has 0 radical (unpaired) electrons. The van der Waals surface area contributed by atoms with E-state index in [-0.39, 0.29) is 18.4 Å². The van der Waals surface area contributed by atoms with Crippen LogP contribution in [-0.2, 0) is 16.0 Å². The topological polar surface area (TPSA) is 59.1 Å². The number of para-hydroxylation sites is 2. The third-order valence-corrected chi connectivity index (χ3v) is 5.45. The molecule has 31 heavy (non-hydrogen) atoms. The Morgan fingerprint density at radius 3 is 2.10 bits per heavy atom. The average Bonchev–Trinajstić information content (AvgIpc) is 3.04. The van der Waals surface area contributed by atoms with Gasteiger partial charge in [-0.15, -0.1) is 0 Å². The van der Waals surface area contributed by atoms with Crippen LogP contribution in [0.2, 0.25) is 0 Å². The second-order valence-corrected chi connectivity index (χ2v) is 7.77. The van der Waals surface area contributed by atoms with Gasteiger partial charge < -0.3 is 19.3 Å². The highest BCUT2D eigenvalue weighted by molar-refractivity contribution is 5.79. The average molecular weight is 425 g/mol. The summed E-state index contributed by atoms with van der Waals surface area (Å²) in [7, 11) is 0. The normalized spacial score (nSPS) is 14.1. The molecule has 2 aromatic rings. The first kappa shape index (κ1) is 22.7. The lowest BCUT2D eigenvalue weighted by Gasteiger charge is -2.22. The Labute approximate surface area is 184 Å². The minimum Gasteiger partial charge on any atom is -0.490 e. The molecule has 1 saturated heterocycles. The quantitative estimate of drug-likeness (QED) is 0.651. The number of amides is 2. The van der Waals surface area contributed by atoms with Crippen LogP contribution >= 0.6 is 0 Å². The molecule has 1 fully saturated rings. The molecule has 1 heterocycles. The molecule has 0 aromatic heterocycles. The molecule has 0 spiro atoms. The molecular weight excluding hydrogens is 392 g/mol. The Bertz CT molecular complexity index is 866. The van der Waals surface area contributed by atoms with Gasteiger partial charge in [0.25, 0.3) is 5.91 Å². The Hall–Kier alpha value is -3.02. The van der Waals surface area contributed by atoms with E-state index in [0.717, 1.165) is 12.8 Å². The summed E-state index contributed by atoms with van der Waals surface area (Å²) >= 11 is 0. The van der Waals surface area contributed by atoms with Crippen LogP contribution in [0.15, 0.2) is 48.5 Å². The number of nitrogens with zero attached hydrogens (tertiary/aromatic N) is 2. The van der Waals surface area contributed by atoms with E-state index in [1.165, 1.54) is 11.1 Å². The maximum absolute atomic E-state index is 12.7. The molecule has 0 N–H and O–H groups in total. The maximum atomic E-state index is 12.7. The first-order valence-corrected chi connectivity index (χ1v) is 11.0. The van der Waals surface area contributed by atoms with E-state index in [2.05, 4.69) is 31.2 Å². The van der Waals surface area contributed by atoms with Crippen molar-refractivity contribution in [3.05, 3.63) is 59.7 Å². The van der Waals surface area contributed by atoms with Gasteiger partial charge in [0.1, 0.15) is 0 Å². The number of ether oxygens (including phenoxy) is 2. The summed E-state index contributed by atoms with van der Waals surface area (Å²) in [6.45, 7) is 6.88. The molecule has 1 aliphatic rings. The highest BCUT2D eigenvalue weighted by Gasteiger charge is 2.22. The lowest BCUT2D eigenvalue weighted by Crippen LogP contribution is -2.39. The Morgan fingerprint density at radius 1 is 0.839 bits per heavy atom. The number of hydrogen-bond acceptors (Lipinski definition) is 4. The Morgan fingerprint density at radius 2 is 1.45 bits per heavy atom. The van der Waals surface area contributed by atoms with Crippen molar-refractivity contribution in [2.24, 2.45) is 0 Å². The minimum absolute atomic E-state index is 0.0363. The van der Waals surface area contributed by atoms with Crippen LogP contribution in [0.1, 0.15) is 30.9 Å². The highest BCUT2D eigenvalue weighted by atomic mass is 16.5. The second-order valence-electron chi connectivity index (χ2n) is 7.77. The van der Waals surface area contributed by atoms with E-state index in [1.807, 2.05) is 30.0 Å². The molecular formula is C25H32N2O4. The number of carbonyl (C=O) groups excluding carboxylic acids is 2. The first-order chi connectivity index (χ1) is 15.1. The van der Waals surface area contributed by atoms with E-state index in [0.29, 0.717) is 50.7 Å². The number of benzene rings is 2. The van der Waals surface area contributed by atoms with Crippen LogP contribution in [-0.4, -0.2) is 61.0 Å². The van der Waals surface area contributed by atoms with Crippen molar-refractivity contribution in [1.82, 2.24) is 9.80 Å². The van der Waals surface area contributed by atoms with Crippen molar-refractivity contribution >= 4 is 11.8 Å². The van der Waals surface area contributed by atoms with Crippen LogP contribution in [0, 0.1) is 6.92 Å². The molecule has 0 atom stereocenters. The number of rotatable bonds is 8. The molecule has 3 rings (SSSR count). The monoisotopic (exact) mass is 424 g/mol. The standard InChI is InChI=1S/C25H32N2O4/c1-3-30-22-7-4-5-8-23(22)31-19-25(29)27-16-6-15-26(17-18-27)24(28)14-13-21-11-9-20(2)10-12-21/h4-5,7-12H,3,6,13-19H2,1-2H3. The summed E-state index contributed by atoms with van der Waals surface area (Å²) in [4.78, 5) is 29.0. The van der Waals surface area contributed by atoms with Gasteiger partial charge in [0, 0.05) is 32.6 Å². The number of aryl methyl sites for hydroxylation is 2. The van der Waals surface area contributed by atoms with Crippen molar-refractivity contribution in [2.45, 2.75) is 33.1 Å². The van der Waals surface area contributed by atoms with Crippen molar-refractivity contribution in [3.8, 4) is 11.5 Å². The molecule has 6 heteroatoms. The fourth-order valence-electron chi connectivity index (χ4n) is 3.66. The largest absolute Gasteiger partial charge is 0.490 e. The summed E-state index contributed by atoms with van der Waals surface area (Å²) in [6, 6.07) is 15.7. The second kappa shape index (κ2) is 11.4. The third kappa shape index (κ3) is 6.74. The Kier molecular flexibility index (Phi) is 8.33. The smallest absolute Gasteiger partial charge is 0.260 e. The van der Waals surface area contributed by atoms with Crippen molar-refractivity contribution in [2.75, 3.05) is 39.4 Å². The lowest BCUT2D eigenvalue weighted by atomic mass is 10.1. The van der Waals surface area contributed by atoms with Gasteiger partial charge in [0.15, 0.2) is 18.1 Å². The SMILES string of the molecule is CCOc1ccccc1OCC(=O)N1CCCN(C(=O)CCc2ccc(C)cc2)CC1. The van der Waals surface area contributed by atoms with E-state index in [9.17, 15) is 9.59 Å². The van der Waals surface area contributed by atoms with Gasteiger partial charge in [-0.1, -0.05) is 42.0 Å². The summed E-state index contributed by atoms with van der Waals surface area (Å²) in [5.41, 5.74) is 2.40.